The summed E-state index contributed by atoms with van der Waals surface area (Å²) in [5, 5.41) is 3.64. The van der Waals surface area contributed by atoms with E-state index in [-0.39, 0.29) is 0 Å². The van der Waals surface area contributed by atoms with Gasteiger partial charge in [-0.3, -0.25) is 14.7 Å². The molecule has 0 aromatic rings. The van der Waals surface area contributed by atoms with Gasteiger partial charge in [-0.05, 0) is 44.1 Å². The number of nitrogens with one attached hydrogen (secondary N) is 1. The molecule has 3 saturated heterocycles. The van der Waals surface area contributed by atoms with Crippen molar-refractivity contribution in [1.82, 2.24) is 24.9 Å². The van der Waals surface area contributed by atoms with Crippen molar-refractivity contribution in [3.05, 3.63) is 0 Å². The number of hydrogen-bond donors (Lipinski definition) is 1. The summed E-state index contributed by atoms with van der Waals surface area (Å²) in [6.07, 6.45) is 4.95. The van der Waals surface area contributed by atoms with Gasteiger partial charge in [-0.15, -0.1) is 0 Å². The van der Waals surface area contributed by atoms with Crippen LogP contribution in [-0.2, 0) is 4.79 Å². The van der Waals surface area contributed by atoms with E-state index in [0.717, 1.165) is 70.5 Å². The summed E-state index contributed by atoms with van der Waals surface area (Å²) < 4.78 is 0. The Morgan fingerprint density at radius 2 is 1.69 bits per heavy atom. The fourth-order valence-electron chi connectivity index (χ4n) is 4.94. The topological polar surface area (TPSA) is 54.4 Å². The Morgan fingerprint density at radius 1 is 0.966 bits per heavy atom. The van der Waals surface area contributed by atoms with E-state index in [1.54, 1.807) is 0 Å². The van der Waals surface area contributed by atoms with E-state index in [9.17, 15) is 4.79 Å². The second-order valence-corrected chi connectivity index (χ2v) is 9.44. The molecule has 3 heterocycles. The Labute approximate surface area is 177 Å². The molecule has 0 spiro atoms. The average molecular weight is 407 g/mol. The highest BCUT2D eigenvalue weighted by atomic mass is 16.2. The molecule has 3 aliphatic rings. The molecule has 1 amide bonds. The summed E-state index contributed by atoms with van der Waals surface area (Å²) in [6, 6.07) is 0. The van der Waals surface area contributed by atoms with Crippen molar-refractivity contribution < 1.29 is 4.79 Å². The van der Waals surface area contributed by atoms with Crippen molar-refractivity contribution >= 4 is 11.9 Å². The monoisotopic (exact) mass is 406 g/mol. The fraction of sp³-hybridized carbons (Fsp3) is 0.909. The van der Waals surface area contributed by atoms with Crippen LogP contribution < -0.4 is 5.32 Å². The van der Waals surface area contributed by atoms with Gasteiger partial charge in [0, 0.05) is 66.0 Å². The Bertz CT molecular complexity index is 537. The van der Waals surface area contributed by atoms with Crippen LogP contribution in [0.25, 0.3) is 0 Å². The van der Waals surface area contributed by atoms with Crippen LogP contribution in [0.3, 0.4) is 0 Å². The van der Waals surface area contributed by atoms with Crippen molar-refractivity contribution in [3.63, 3.8) is 0 Å². The third kappa shape index (κ3) is 6.85. The van der Waals surface area contributed by atoms with Crippen molar-refractivity contribution in [2.75, 3.05) is 79.0 Å². The molecule has 0 saturated carbocycles. The van der Waals surface area contributed by atoms with E-state index in [4.69, 9.17) is 0 Å². The van der Waals surface area contributed by atoms with Gasteiger partial charge in [-0.25, -0.2) is 0 Å². The molecule has 0 radical (unpaired) electrons. The molecule has 166 valence electrons. The van der Waals surface area contributed by atoms with Crippen LogP contribution in [0.4, 0.5) is 0 Å². The van der Waals surface area contributed by atoms with Crippen LogP contribution in [0, 0.1) is 11.8 Å². The van der Waals surface area contributed by atoms with Crippen LogP contribution in [0.1, 0.15) is 39.5 Å². The summed E-state index contributed by atoms with van der Waals surface area (Å²) in [4.78, 5) is 26.2. The van der Waals surface area contributed by atoms with E-state index < -0.39 is 0 Å². The van der Waals surface area contributed by atoms with Crippen molar-refractivity contribution in [2.24, 2.45) is 16.8 Å². The molecular weight excluding hydrogens is 364 g/mol. The van der Waals surface area contributed by atoms with Gasteiger partial charge < -0.3 is 20.0 Å². The van der Waals surface area contributed by atoms with Gasteiger partial charge in [0.05, 0.1) is 6.54 Å². The van der Waals surface area contributed by atoms with Crippen LogP contribution in [0.5, 0.6) is 0 Å². The zero-order chi connectivity index (χ0) is 20.6. The standard InChI is InChI=1S/C22H42N6O/c1-19(2)16-26-8-6-7-20(17-26)15-24-22(23-3)28-13-11-25(12-14-28)18-21(29)27-9-4-5-10-27/h19-20H,4-18H2,1-3H3,(H,23,24). The van der Waals surface area contributed by atoms with Crippen LogP contribution in [0.2, 0.25) is 0 Å². The van der Waals surface area contributed by atoms with Gasteiger partial charge in [0.1, 0.15) is 0 Å². The summed E-state index contributed by atoms with van der Waals surface area (Å²) in [5.41, 5.74) is 0. The third-order valence-electron chi connectivity index (χ3n) is 6.48. The number of carbonyl (C=O) groups excluding carboxylic acids is 1. The number of piperidine rings is 1. The molecule has 0 bridgehead atoms. The first-order valence-electron chi connectivity index (χ1n) is 11.7. The van der Waals surface area contributed by atoms with Gasteiger partial charge in [0.2, 0.25) is 5.91 Å². The van der Waals surface area contributed by atoms with E-state index in [2.05, 4.69) is 38.9 Å². The van der Waals surface area contributed by atoms with Gasteiger partial charge in [-0.2, -0.15) is 0 Å². The first kappa shape index (κ1) is 22.3. The molecule has 3 fully saturated rings. The molecule has 1 N–H and O–H groups in total. The molecule has 7 heteroatoms. The predicted molar refractivity (Wildman–Crippen MR) is 119 cm³/mol. The van der Waals surface area contributed by atoms with Crippen LogP contribution in [-0.4, -0.2) is 111 Å². The Kier molecular flexibility index (Phi) is 8.60. The first-order chi connectivity index (χ1) is 14.0. The van der Waals surface area contributed by atoms with E-state index in [0.29, 0.717) is 18.4 Å². The fourth-order valence-corrected chi connectivity index (χ4v) is 4.94. The lowest BCUT2D eigenvalue weighted by molar-refractivity contribution is -0.131. The second-order valence-electron chi connectivity index (χ2n) is 9.44. The molecule has 3 aliphatic heterocycles. The molecule has 1 atom stereocenters. The minimum absolute atomic E-state index is 0.307. The number of rotatable bonds is 6. The normalized spacial score (nSPS) is 25.1. The van der Waals surface area contributed by atoms with Crippen molar-refractivity contribution in [3.8, 4) is 0 Å². The molecule has 7 nitrogen and oxygen atoms in total. The Morgan fingerprint density at radius 3 is 2.34 bits per heavy atom. The summed E-state index contributed by atoms with van der Waals surface area (Å²) in [5.74, 6) is 2.78. The molecule has 0 aromatic carbocycles. The Balaban J connectivity index is 1.38. The van der Waals surface area contributed by atoms with E-state index in [1.165, 1.54) is 32.5 Å². The summed E-state index contributed by atoms with van der Waals surface area (Å²) in [7, 11) is 1.89. The van der Waals surface area contributed by atoms with Gasteiger partial charge >= 0.3 is 0 Å². The quantitative estimate of drug-likeness (QED) is 0.530. The highest BCUT2D eigenvalue weighted by Gasteiger charge is 2.25. The molecule has 29 heavy (non-hydrogen) atoms. The molecule has 0 aromatic heterocycles. The summed E-state index contributed by atoms with van der Waals surface area (Å²) in [6.45, 7) is 15.5. The maximum Gasteiger partial charge on any atom is 0.236 e. The number of guanidine groups is 1. The van der Waals surface area contributed by atoms with Crippen molar-refractivity contribution in [1.29, 1.82) is 0 Å². The number of nitrogens with zero attached hydrogens (tertiary/aromatic N) is 5. The highest BCUT2D eigenvalue weighted by molar-refractivity contribution is 5.80. The highest BCUT2D eigenvalue weighted by Crippen LogP contribution is 2.17. The van der Waals surface area contributed by atoms with E-state index >= 15 is 0 Å². The van der Waals surface area contributed by atoms with Crippen LogP contribution >= 0.6 is 0 Å². The molecule has 1 unspecified atom stereocenters. The van der Waals surface area contributed by atoms with Gasteiger partial charge in [0.25, 0.3) is 0 Å². The lowest BCUT2D eigenvalue weighted by Gasteiger charge is -2.38. The maximum atomic E-state index is 12.4. The lowest BCUT2D eigenvalue weighted by Crippen LogP contribution is -2.55. The maximum absolute atomic E-state index is 12.4. The van der Waals surface area contributed by atoms with Gasteiger partial charge in [0.15, 0.2) is 5.96 Å². The molecule has 3 rings (SSSR count). The van der Waals surface area contributed by atoms with Gasteiger partial charge in [-0.1, -0.05) is 13.8 Å². The second kappa shape index (κ2) is 11.2. The van der Waals surface area contributed by atoms with E-state index in [1.807, 2.05) is 11.9 Å². The zero-order valence-corrected chi connectivity index (χ0v) is 18.9. The molecular formula is C22H42N6O. The largest absolute Gasteiger partial charge is 0.356 e. The number of carbonyl (C=O) groups is 1. The smallest absolute Gasteiger partial charge is 0.236 e. The van der Waals surface area contributed by atoms with Crippen LogP contribution in [0.15, 0.2) is 4.99 Å². The SMILES string of the molecule is CN=C(NCC1CCCN(CC(C)C)C1)N1CCN(CC(=O)N2CCCC2)CC1. The average Bonchev–Trinajstić information content (AvgIpc) is 3.24. The zero-order valence-electron chi connectivity index (χ0n) is 18.9. The number of hydrogen-bond acceptors (Lipinski definition) is 4. The number of piperazine rings is 1. The van der Waals surface area contributed by atoms with Crippen molar-refractivity contribution in [2.45, 2.75) is 39.5 Å². The first-order valence-corrected chi connectivity index (χ1v) is 11.7. The number of amides is 1. The predicted octanol–water partition coefficient (Wildman–Crippen LogP) is 1.17. The molecule has 0 aliphatic carbocycles. The Hall–Kier alpha value is -1.34. The third-order valence-corrected chi connectivity index (χ3v) is 6.48. The number of aliphatic imine (C=N–C) groups is 1. The minimum atomic E-state index is 0.307. The summed E-state index contributed by atoms with van der Waals surface area (Å²) >= 11 is 0. The minimum Gasteiger partial charge on any atom is -0.356 e. The number of likely N-dealkylation sites (tertiary alicyclic amines) is 2. The lowest BCUT2D eigenvalue weighted by atomic mass is 9.97.